The Morgan fingerprint density at radius 2 is 0.900 bits per heavy atom. The summed E-state index contributed by atoms with van der Waals surface area (Å²) >= 11 is 0. The highest BCUT2D eigenvalue weighted by Crippen LogP contribution is 2.24. The highest BCUT2D eigenvalue weighted by Gasteiger charge is 2.10. The van der Waals surface area contributed by atoms with Crippen molar-refractivity contribution in [1.29, 1.82) is 5.26 Å². The van der Waals surface area contributed by atoms with Crippen molar-refractivity contribution in [3.05, 3.63) is 211 Å². The Labute approximate surface area is 469 Å². The monoisotopic (exact) mass is 1080 g/mol. The number of rotatable bonds is 29. The molecule has 0 saturated heterocycles. The summed E-state index contributed by atoms with van der Waals surface area (Å²) in [5.74, 6) is 1.51. The van der Waals surface area contributed by atoms with Gasteiger partial charge in [0, 0.05) is 25.3 Å². The number of hydrogen-bond donors (Lipinski definition) is 0. The first kappa shape index (κ1) is 63.1. The molecule has 0 atom stereocenters. The number of benzene rings is 6. The maximum atomic E-state index is 12.5. The highest BCUT2D eigenvalue weighted by molar-refractivity contribution is 5.91. The molecule has 6 aromatic rings. The van der Waals surface area contributed by atoms with Crippen LogP contribution in [-0.4, -0.2) is 76.6 Å². The highest BCUT2D eigenvalue weighted by atomic mass is 16.7. The zero-order valence-corrected chi connectivity index (χ0v) is 45.7. The van der Waals surface area contributed by atoms with E-state index in [1.807, 2.05) is 66.7 Å². The second-order valence-corrected chi connectivity index (χ2v) is 17.4. The predicted molar refractivity (Wildman–Crippen MR) is 311 cm³/mol. The molecule has 15 heteroatoms. The first-order valence-corrected chi connectivity index (χ1v) is 26.0. The summed E-state index contributed by atoms with van der Waals surface area (Å²) in [4.78, 5) is 45.3. The summed E-state index contributed by atoms with van der Waals surface area (Å²) < 4.78 is 41.8. The Bertz CT molecular complexity index is 2960. The van der Waals surface area contributed by atoms with E-state index in [-0.39, 0.29) is 18.7 Å². The number of aryl methyl sites for hydroxylation is 2. The summed E-state index contributed by atoms with van der Waals surface area (Å²) in [5.41, 5.74) is 7.33. The van der Waals surface area contributed by atoms with Gasteiger partial charge < -0.3 is 37.9 Å². The summed E-state index contributed by atoms with van der Waals surface area (Å²) in [7, 11) is 1.58. The molecule has 0 aliphatic rings. The Morgan fingerprint density at radius 3 is 1.39 bits per heavy atom. The zero-order valence-electron chi connectivity index (χ0n) is 45.7. The van der Waals surface area contributed by atoms with Crippen molar-refractivity contribution in [2.45, 2.75) is 65.2 Å². The van der Waals surface area contributed by atoms with Crippen LogP contribution in [0.4, 0.5) is 0 Å². The largest absolute Gasteiger partial charge is 0.494 e. The maximum absolute atomic E-state index is 12.5. The quantitative estimate of drug-likeness (QED) is 0.00821. The van der Waals surface area contributed by atoms with Crippen LogP contribution >= 0.6 is 0 Å². The molecule has 0 radical (unpaired) electrons. The topological polar surface area (TPSA) is 191 Å². The van der Waals surface area contributed by atoms with Gasteiger partial charge in [0.2, 0.25) is 0 Å². The second-order valence-electron chi connectivity index (χ2n) is 17.4. The van der Waals surface area contributed by atoms with E-state index < -0.39 is 11.9 Å². The van der Waals surface area contributed by atoms with E-state index in [9.17, 15) is 19.2 Å². The van der Waals surface area contributed by atoms with Gasteiger partial charge in [-0.05, 0) is 196 Å². The molecule has 6 aromatic carbocycles. The number of nitriles is 1. The smallest absolute Gasteiger partial charge is 0.343 e. The number of methoxy groups -OCH3 is 1. The third-order valence-corrected chi connectivity index (χ3v) is 11.4. The molecule has 0 bridgehead atoms. The molecule has 6 rings (SSSR count). The van der Waals surface area contributed by atoms with Gasteiger partial charge in [-0.3, -0.25) is 0 Å². The molecule has 0 aliphatic heterocycles. The Morgan fingerprint density at radius 1 is 0.475 bits per heavy atom. The average molecular weight is 1080 g/mol. The van der Waals surface area contributed by atoms with Crippen LogP contribution in [0.15, 0.2) is 188 Å². The fourth-order valence-electron chi connectivity index (χ4n) is 6.85. The third-order valence-electron chi connectivity index (χ3n) is 11.4. The Balaban J connectivity index is 0.000000283. The van der Waals surface area contributed by atoms with Crippen LogP contribution in [0.5, 0.6) is 28.7 Å². The minimum atomic E-state index is -0.480. The first-order chi connectivity index (χ1) is 38.9. The van der Waals surface area contributed by atoms with Crippen LogP contribution in [0.3, 0.4) is 0 Å². The van der Waals surface area contributed by atoms with Crippen molar-refractivity contribution in [2.75, 3.05) is 40.3 Å². The molecule has 416 valence electrons. The molecule has 0 saturated carbocycles. The van der Waals surface area contributed by atoms with Crippen molar-refractivity contribution < 1.29 is 57.1 Å². The molecule has 0 heterocycles. The summed E-state index contributed by atoms with van der Waals surface area (Å²) in [5, 5.41) is 16.9. The fraction of sp³-hybridized carbons (Fsp3) is 0.246. The van der Waals surface area contributed by atoms with Crippen LogP contribution in [-0.2, 0) is 28.6 Å². The van der Waals surface area contributed by atoms with E-state index in [0.717, 1.165) is 91.2 Å². The van der Waals surface area contributed by atoms with Crippen LogP contribution in [0, 0.1) is 25.2 Å². The second kappa shape index (κ2) is 37.4. The van der Waals surface area contributed by atoms with E-state index in [0.29, 0.717) is 54.8 Å². The molecule has 0 unspecified atom stereocenters. The van der Waals surface area contributed by atoms with Gasteiger partial charge in [0.25, 0.3) is 0 Å². The van der Waals surface area contributed by atoms with Crippen molar-refractivity contribution in [3.8, 4) is 45.9 Å². The van der Waals surface area contributed by atoms with Crippen LogP contribution in [0.2, 0.25) is 0 Å². The molecular weight excluding hydrogens is 1010 g/mol. The summed E-state index contributed by atoms with van der Waals surface area (Å²) in [6, 6.07) is 44.0. The number of esters is 4. The standard InChI is InChI=1S/C32H34N2O5.C17H24O5.C16H11NO2/c1-4-31(35)38-20-8-6-5-7-19-37-29-17-13-28(14-18-29)32(36)39-30-15-11-26(12-16-30)22-33-34-23-27-10-9-24(2)25(3)21-27;1-3-17(18)21-13-7-5-4-6-12-20-15-8-10-16(11-9-15)22-14-19-2;1-2-16(18)19-15-9-7-14(8-10-15)13-5-3-12(11-17)4-6-13/h4,9-18,21-23H,1,5-8,19-20H2,2-3H3;3,8-11H,1,4-7,12-14H2,2H3;2-10H,1H2/b33-22+,34-23+;;. The lowest BCUT2D eigenvalue weighted by molar-refractivity contribution is -0.138. The predicted octanol–water partition coefficient (Wildman–Crippen LogP) is 13.3. The zero-order chi connectivity index (χ0) is 57.6. The van der Waals surface area contributed by atoms with Gasteiger partial charge in [0.15, 0.2) is 6.79 Å². The molecular formula is C65H69N3O12. The van der Waals surface area contributed by atoms with Gasteiger partial charge in [-0.15, -0.1) is 0 Å². The number of carbonyl (C=O) groups excluding carboxylic acids is 4. The van der Waals surface area contributed by atoms with Crippen molar-refractivity contribution in [3.63, 3.8) is 0 Å². The first-order valence-electron chi connectivity index (χ1n) is 26.0. The van der Waals surface area contributed by atoms with Crippen LogP contribution in [0.25, 0.3) is 11.1 Å². The lowest BCUT2D eigenvalue weighted by atomic mass is 10.0. The van der Waals surface area contributed by atoms with Crippen LogP contribution < -0.4 is 23.7 Å². The lowest BCUT2D eigenvalue weighted by Gasteiger charge is -2.08. The van der Waals surface area contributed by atoms with Gasteiger partial charge in [0.1, 0.15) is 28.7 Å². The number of nitrogens with zero attached hydrogens (tertiary/aromatic N) is 3. The van der Waals surface area contributed by atoms with Gasteiger partial charge in [-0.25, -0.2) is 19.2 Å². The Kier molecular flexibility index (Phi) is 29.5. The van der Waals surface area contributed by atoms with E-state index in [4.69, 9.17) is 43.2 Å². The minimum Gasteiger partial charge on any atom is -0.494 e. The van der Waals surface area contributed by atoms with E-state index >= 15 is 0 Å². The number of unbranched alkanes of at least 4 members (excludes halogenated alkanes) is 6. The normalized spacial score (nSPS) is 10.4. The Hall–Kier alpha value is -9.39. The summed E-state index contributed by atoms with van der Waals surface area (Å²) in [6.45, 7) is 16.5. The number of carbonyl (C=O) groups is 4. The van der Waals surface area contributed by atoms with Crippen molar-refractivity contribution in [2.24, 2.45) is 10.2 Å². The number of hydrogen-bond acceptors (Lipinski definition) is 15. The van der Waals surface area contributed by atoms with E-state index in [2.05, 4.69) is 62.0 Å². The molecule has 0 amide bonds. The summed E-state index contributed by atoms with van der Waals surface area (Å²) in [6.07, 6.45) is 14.3. The minimum absolute atomic E-state index is 0.238. The van der Waals surface area contributed by atoms with Crippen LogP contribution in [0.1, 0.15) is 89.5 Å². The SMILES string of the molecule is C=CC(=O)OCCCCCCOc1ccc(C(=O)Oc2ccc(/C=N/N=C/c3ccc(C)c(C)c3)cc2)cc1.C=CC(=O)OCCCCCCOc1ccc(OCOC)cc1.C=CC(=O)Oc1ccc(-c2ccc(C#N)cc2)cc1. The molecule has 0 aliphatic carbocycles. The maximum Gasteiger partial charge on any atom is 0.343 e. The molecule has 80 heavy (non-hydrogen) atoms. The van der Waals surface area contributed by atoms with Gasteiger partial charge in [0.05, 0.1) is 56.1 Å². The van der Waals surface area contributed by atoms with Gasteiger partial charge in [-0.2, -0.15) is 15.5 Å². The molecule has 15 nitrogen and oxygen atoms in total. The third kappa shape index (κ3) is 25.6. The lowest BCUT2D eigenvalue weighted by Crippen LogP contribution is -2.08. The molecule has 0 fully saturated rings. The van der Waals surface area contributed by atoms with E-state index in [1.54, 1.807) is 80.2 Å². The van der Waals surface area contributed by atoms with Gasteiger partial charge >= 0.3 is 23.9 Å². The van der Waals surface area contributed by atoms with Crippen molar-refractivity contribution in [1.82, 2.24) is 0 Å². The molecule has 0 spiro atoms. The fourth-order valence-corrected chi connectivity index (χ4v) is 6.85. The van der Waals surface area contributed by atoms with Gasteiger partial charge in [-0.1, -0.05) is 62.2 Å². The van der Waals surface area contributed by atoms with E-state index in [1.165, 1.54) is 23.3 Å². The average Bonchev–Trinajstić information content (AvgIpc) is 3.49. The molecule has 0 N–H and O–H groups in total. The molecule has 0 aromatic heterocycles. The number of ether oxygens (including phenoxy) is 8. The van der Waals surface area contributed by atoms with Crippen molar-refractivity contribution >= 4 is 36.3 Å².